The van der Waals surface area contributed by atoms with Crippen LogP contribution in [0.15, 0.2) is 24.3 Å². The topological polar surface area (TPSA) is 55.2 Å². The lowest BCUT2D eigenvalue weighted by Crippen LogP contribution is -2.45. The van der Waals surface area contributed by atoms with Crippen molar-refractivity contribution in [2.45, 2.75) is 31.3 Å². The summed E-state index contributed by atoms with van der Waals surface area (Å²) in [6.45, 7) is 3.74. The molecule has 1 saturated heterocycles. The van der Waals surface area contributed by atoms with Gasteiger partial charge in [-0.2, -0.15) is 0 Å². The van der Waals surface area contributed by atoms with Crippen LogP contribution in [0.2, 0.25) is 0 Å². The minimum Gasteiger partial charge on any atom is -0.496 e. The summed E-state index contributed by atoms with van der Waals surface area (Å²) in [5, 5.41) is 12.4. The molecule has 2 aliphatic rings. The zero-order valence-corrected chi connectivity index (χ0v) is 14.4. The average molecular weight is 327 g/mol. The normalized spacial score (nSPS) is 21.8. The molecule has 128 valence electrons. The van der Waals surface area contributed by atoms with Crippen LogP contribution >= 0.6 is 0 Å². The molecule has 2 fully saturated rings. The molecule has 4 rings (SSSR count). The zero-order valence-electron chi connectivity index (χ0n) is 14.4. The van der Waals surface area contributed by atoms with Crippen molar-refractivity contribution in [2.75, 3.05) is 26.7 Å². The van der Waals surface area contributed by atoms with Gasteiger partial charge in [0.15, 0.2) is 0 Å². The van der Waals surface area contributed by atoms with E-state index >= 15 is 0 Å². The Labute approximate surface area is 142 Å². The number of aromatic nitrogens is 3. The molecule has 0 amide bonds. The number of methoxy groups -OCH3 is 1. The van der Waals surface area contributed by atoms with E-state index in [0.29, 0.717) is 5.92 Å². The van der Waals surface area contributed by atoms with Crippen molar-refractivity contribution in [1.29, 1.82) is 0 Å². The molecular weight excluding hydrogens is 302 g/mol. The Kier molecular flexibility index (Phi) is 4.24. The Morgan fingerprint density at radius 3 is 2.88 bits per heavy atom. The lowest BCUT2D eigenvalue weighted by atomic mass is 10.0. The first-order valence-electron chi connectivity index (χ1n) is 8.73. The molecule has 1 N–H and O–H groups in total. The van der Waals surface area contributed by atoms with Gasteiger partial charge in [-0.1, -0.05) is 18.2 Å². The van der Waals surface area contributed by atoms with E-state index in [2.05, 4.69) is 44.2 Å². The number of piperazine rings is 1. The van der Waals surface area contributed by atoms with Crippen molar-refractivity contribution in [3.8, 4) is 5.75 Å². The number of nitrogens with zero attached hydrogens (tertiary/aromatic N) is 4. The lowest BCUT2D eigenvalue weighted by molar-refractivity contribution is 0.146. The molecular formula is C18H25N5O. The number of hydrogen-bond acceptors (Lipinski definition) is 5. The van der Waals surface area contributed by atoms with E-state index in [-0.39, 0.29) is 6.04 Å². The van der Waals surface area contributed by atoms with Crippen molar-refractivity contribution in [3.05, 3.63) is 41.5 Å². The first-order valence-corrected chi connectivity index (χ1v) is 8.73. The van der Waals surface area contributed by atoms with E-state index in [4.69, 9.17) is 4.74 Å². The molecule has 0 spiro atoms. The minimum absolute atomic E-state index is 0.288. The summed E-state index contributed by atoms with van der Waals surface area (Å²) in [6.07, 6.45) is 2.51. The molecule has 1 aliphatic heterocycles. The molecule has 6 heteroatoms. The molecule has 1 aromatic carbocycles. The Morgan fingerprint density at radius 2 is 2.08 bits per heavy atom. The standard InChI is InChI=1S/C18H25N5O/c1-22-17(20-21-18(22)13-7-8-13)12-23-10-9-19-11-15(23)14-5-3-4-6-16(14)24-2/h3-6,13,15,19H,7-12H2,1-2H3. The van der Waals surface area contributed by atoms with Crippen LogP contribution in [-0.4, -0.2) is 46.4 Å². The molecule has 1 aromatic heterocycles. The Balaban J connectivity index is 1.58. The molecule has 6 nitrogen and oxygen atoms in total. The van der Waals surface area contributed by atoms with Gasteiger partial charge in [-0.25, -0.2) is 0 Å². The molecule has 0 bridgehead atoms. The second-order valence-corrected chi connectivity index (χ2v) is 6.74. The molecule has 1 aliphatic carbocycles. The van der Waals surface area contributed by atoms with Gasteiger partial charge < -0.3 is 14.6 Å². The SMILES string of the molecule is COc1ccccc1C1CNCCN1Cc1nnc(C2CC2)n1C. The van der Waals surface area contributed by atoms with Crippen molar-refractivity contribution in [1.82, 2.24) is 25.0 Å². The van der Waals surface area contributed by atoms with Crippen LogP contribution in [-0.2, 0) is 13.6 Å². The van der Waals surface area contributed by atoms with Crippen LogP contribution in [0.5, 0.6) is 5.75 Å². The lowest BCUT2D eigenvalue weighted by Gasteiger charge is -2.36. The predicted octanol–water partition coefficient (Wildman–Crippen LogP) is 1.85. The molecule has 1 saturated carbocycles. The summed E-state index contributed by atoms with van der Waals surface area (Å²) < 4.78 is 7.77. The van der Waals surface area contributed by atoms with Crippen LogP contribution < -0.4 is 10.1 Å². The van der Waals surface area contributed by atoms with Gasteiger partial charge in [0, 0.05) is 38.2 Å². The second kappa shape index (κ2) is 6.53. The number of nitrogens with one attached hydrogen (secondary N) is 1. The Morgan fingerprint density at radius 1 is 1.25 bits per heavy atom. The van der Waals surface area contributed by atoms with E-state index in [1.54, 1.807) is 7.11 Å². The van der Waals surface area contributed by atoms with Gasteiger partial charge in [-0.3, -0.25) is 4.90 Å². The van der Waals surface area contributed by atoms with E-state index in [9.17, 15) is 0 Å². The van der Waals surface area contributed by atoms with E-state index in [1.165, 1.54) is 18.4 Å². The summed E-state index contributed by atoms with van der Waals surface area (Å²) in [7, 11) is 3.84. The third-order valence-corrected chi connectivity index (χ3v) is 5.14. The highest BCUT2D eigenvalue weighted by atomic mass is 16.5. The molecule has 1 atom stereocenters. The van der Waals surface area contributed by atoms with Gasteiger partial charge in [-0.15, -0.1) is 10.2 Å². The quantitative estimate of drug-likeness (QED) is 0.908. The maximum atomic E-state index is 5.58. The second-order valence-electron chi connectivity index (χ2n) is 6.74. The van der Waals surface area contributed by atoms with Gasteiger partial charge in [-0.05, 0) is 18.9 Å². The van der Waals surface area contributed by atoms with Crippen molar-refractivity contribution >= 4 is 0 Å². The first-order chi connectivity index (χ1) is 11.8. The molecule has 24 heavy (non-hydrogen) atoms. The summed E-state index contributed by atoms with van der Waals surface area (Å²) in [5.41, 5.74) is 1.23. The number of ether oxygens (including phenoxy) is 1. The molecule has 0 radical (unpaired) electrons. The van der Waals surface area contributed by atoms with Crippen molar-refractivity contribution in [3.63, 3.8) is 0 Å². The fourth-order valence-corrected chi connectivity index (χ4v) is 3.58. The molecule has 2 heterocycles. The summed E-state index contributed by atoms with van der Waals surface area (Å²) >= 11 is 0. The monoisotopic (exact) mass is 327 g/mol. The summed E-state index contributed by atoms with van der Waals surface area (Å²) in [4.78, 5) is 2.48. The van der Waals surface area contributed by atoms with Crippen LogP contribution in [0, 0.1) is 0 Å². The third kappa shape index (κ3) is 2.91. The Bertz CT molecular complexity index is 709. The van der Waals surface area contributed by atoms with E-state index in [0.717, 1.165) is 43.6 Å². The van der Waals surface area contributed by atoms with Crippen LogP contribution in [0.25, 0.3) is 0 Å². The third-order valence-electron chi connectivity index (χ3n) is 5.14. The smallest absolute Gasteiger partial charge is 0.146 e. The minimum atomic E-state index is 0.288. The summed E-state index contributed by atoms with van der Waals surface area (Å²) in [6, 6.07) is 8.59. The molecule has 2 aromatic rings. The van der Waals surface area contributed by atoms with Crippen LogP contribution in [0.1, 0.15) is 42.0 Å². The maximum Gasteiger partial charge on any atom is 0.146 e. The highest BCUT2D eigenvalue weighted by Gasteiger charge is 2.31. The molecule has 1 unspecified atom stereocenters. The van der Waals surface area contributed by atoms with Gasteiger partial charge in [0.1, 0.15) is 17.4 Å². The number of benzene rings is 1. The van der Waals surface area contributed by atoms with E-state index < -0.39 is 0 Å². The zero-order chi connectivity index (χ0) is 16.5. The van der Waals surface area contributed by atoms with E-state index in [1.807, 2.05) is 12.1 Å². The number of hydrogen-bond donors (Lipinski definition) is 1. The van der Waals surface area contributed by atoms with Gasteiger partial charge in [0.2, 0.25) is 0 Å². The highest BCUT2D eigenvalue weighted by Crippen LogP contribution is 2.39. The van der Waals surface area contributed by atoms with Gasteiger partial charge in [0.25, 0.3) is 0 Å². The van der Waals surface area contributed by atoms with Crippen LogP contribution in [0.4, 0.5) is 0 Å². The average Bonchev–Trinajstić information content (AvgIpc) is 3.40. The fourth-order valence-electron chi connectivity index (χ4n) is 3.58. The maximum absolute atomic E-state index is 5.58. The number of para-hydroxylation sites is 1. The fraction of sp³-hybridized carbons (Fsp3) is 0.556. The van der Waals surface area contributed by atoms with Gasteiger partial charge >= 0.3 is 0 Å². The largest absolute Gasteiger partial charge is 0.496 e. The predicted molar refractivity (Wildman–Crippen MR) is 92.0 cm³/mol. The highest BCUT2D eigenvalue weighted by molar-refractivity contribution is 5.36. The van der Waals surface area contributed by atoms with Crippen LogP contribution in [0.3, 0.4) is 0 Å². The Hall–Kier alpha value is -1.92. The number of rotatable bonds is 5. The van der Waals surface area contributed by atoms with Gasteiger partial charge in [0.05, 0.1) is 19.7 Å². The summed E-state index contributed by atoms with van der Waals surface area (Å²) in [5.74, 6) is 3.78. The first kappa shape index (κ1) is 15.6. The van der Waals surface area contributed by atoms with Crippen molar-refractivity contribution in [2.24, 2.45) is 7.05 Å². The van der Waals surface area contributed by atoms with Crippen molar-refractivity contribution < 1.29 is 4.74 Å².